The summed E-state index contributed by atoms with van der Waals surface area (Å²) < 4.78 is 3.92. The van der Waals surface area contributed by atoms with E-state index in [4.69, 9.17) is 23.2 Å². The van der Waals surface area contributed by atoms with Crippen molar-refractivity contribution in [3.63, 3.8) is 0 Å². The van der Waals surface area contributed by atoms with Crippen LogP contribution >= 0.6 is 23.2 Å². The van der Waals surface area contributed by atoms with Gasteiger partial charge in [-0.3, -0.25) is 9.48 Å². The minimum Gasteiger partial charge on any atom is -0.304 e. The van der Waals surface area contributed by atoms with E-state index in [1.807, 2.05) is 18.2 Å². The van der Waals surface area contributed by atoms with Gasteiger partial charge in [-0.05, 0) is 67.6 Å². The summed E-state index contributed by atoms with van der Waals surface area (Å²) in [4.78, 5) is 16.2. The fraction of sp³-hybridized carbons (Fsp3) is 0.500. The summed E-state index contributed by atoms with van der Waals surface area (Å²) >= 11 is 12.8. The Morgan fingerprint density at radius 2 is 1.61 bits per heavy atom. The van der Waals surface area contributed by atoms with Gasteiger partial charge >= 0.3 is 0 Å². The molecule has 194 valence electrons. The average Bonchev–Trinajstić information content (AvgIpc) is 3.34. The van der Waals surface area contributed by atoms with Crippen LogP contribution in [0.1, 0.15) is 77.1 Å². The summed E-state index contributed by atoms with van der Waals surface area (Å²) in [7, 11) is 0. The molecular formula is C30H39Cl2N3O. The van der Waals surface area contributed by atoms with Crippen molar-refractivity contribution in [3.05, 3.63) is 85.8 Å². The maximum atomic E-state index is 13.8. The van der Waals surface area contributed by atoms with Gasteiger partial charge in [-0.15, -0.1) is 0 Å². The van der Waals surface area contributed by atoms with Crippen molar-refractivity contribution in [2.24, 2.45) is 5.41 Å². The molecule has 6 heteroatoms. The molecule has 0 saturated heterocycles. The normalized spacial score (nSPS) is 21.4. The summed E-state index contributed by atoms with van der Waals surface area (Å²) in [5, 5.41) is 1.09. The van der Waals surface area contributed by atoms with Gasteiger partial charge in [-0.1, -0.05) is 95.1 Å². The lowest BCUT2D eigenvalue weighted by molar-refractivity contribution is 0.216. The number of aromatic nitrogens is 2. The monoisotopic (exact) mass is 527 g/mol. The van der Waals surface area contributed by atoms with E-state index < -0.39 is 0 Å². The van der Waals surface area contributed by atoms with Crippen LogP contribution in [0, 0.1) is 5.41 Å². The predicted molar refractivity (Wildman–Crippen MR) is 152 cm³/mol. The lowest BCUT2D eigenvalue weighted by Gasteiger charge is -2.36. The predicted octanol–water partition coefficient (Wildman–Crippen LogP) is 7.52. The number of hydrogen-bond acceptors (Lipinski definition) is 2. The van der Waals surface area contributed by atoms with Crippen LogP contribution in [0.15, 0.2) is 53.3 Å². The second kappa shape index (κ2) is 10.4. The lowest BCUT2D eigenvalue weighted by Crippen LogP contribution is -2.36. The first-order chi connectivity index (χ1) is 17.1. The molecular weight excluding hydrogens is 489 g/mol. The SMILES string of the molecule is CC1(C)[C@H]2CC[C@]1(C)c1c2c(=O)n(-c2cc(Cl)ccc2Cl)n1Cc1ccccc1.CCN(CC)CC. The zero-order chi connectivity index (χ0) is 26.3. The molecule has 1 saturated carbocycles. The second-order valence-corrected chi connectivity index (χ2v) is 11.6. The molecule has 2 aromatic carbocycles. The summed E-state index contributed by atoms with van der Waals surface area (Å²) in [6.45, 7) is 17.7. The molecule has 1 fully saturated rings. The van der Waals surface area contributed by atoms with Crippen LogP contribution in [0.5, 0.6) is 0 Å². The summed E-state index contributed by atoms with van der Waals surface area (Å²) in [6, 6.07) is 15.6. The Hall–Kier alpha value is -2.01. The number of fused-ring (bicyclic) bond motifs is 5. The second-order valence-electron chi connectivity index (χ2n) is 10.8. The molecule has 0 unspecified atom stereocenters. The summed E-state index contributed by atoms with van der Waals surface area (Å²) in [5.41, 5.74) is 4.00. The fourth-order valence-corrected chi connectivity index (χ4v) is 6.72. The van der Waals surface area contributed by atoms with Crippen molar-refractivity contribution in [2.75, 3.05) is 19.6 Å². The highest BCUT2D eigenvalue weighted by Gasteiger charge is 2.62. The van der Waals surface area contributed by atoms with E-state index in [9.17, 15) is 4.79 Å². The Bertz CT molecular complexity index is 1270. The first-order valence-electron chi connectivity index (χ1n) is 13.2. The Kier molecular flexibility index (Phi) is 7.81. The lowest BCUT2D eigenvalue weighted by atomic mass is 9.70. The van der Waals surface area contributed by atoms with Crippen LogP contribution in [-0.2, 0) is 12.0 Å². The molecule has 1 heterocycles. The van der Waals surface area contributed by atoms with E-state index in [1.54, 1.807) is 22.9 Å². The molecule has 36 heavy (non-hydrogen) atoms. The van der Waals surface area contributed by atoms with Crippen LogP contribution < -0.4 is 5.56 Å². The highest BCUT2D eigenvalue weighted by Crippen LogP contribution is 2.67. The third-order valence-corrected chi connectivity index (χ3v) is 9.48. The smallest absolute Gasteiger partial charge is 0.275 e. The molecule has 2 aliphatic rings. The van der Waals surface area contributed by atoms with Crippen molar-refractivity contribution in [3.8, 4) is 5.69 Å². The third-order valence-electron chi connectivity index (χ3n) is 8.93. The Morgan fingerprint density at radius 3 is 2.19 bits per heavy atom. The van der Waals surface area contributed by atoms with Gasteiger partial charge in [0.15, 0.2) is 0 Å². The first-order valence-corrected chi connectivity index (χ1v) is 13.9. The standard InChI is InChI=1S/C24H24Cl2N2O.C6H15N/c1-23(2)17-11-12-24(23,3)21-20(17)22(29)28(19-13-16(25)9-10-18(19)26)27(21)14-15-7-5-4-6-8-15;1-4-7(5-2)6-3/h4-10,13,17H,11-12,14H2,1-3H3;4-6H2,1-3H3/t17-,24+;/m0./s1. The van der Waals surface area contributed by atoms with Gasteiger partial charge in [0, 0.05) is 16.0 Å². The molecule has 2 bridgehead atoms. The Morgan fingerprint density at radius 1 is 0.972 bits per heavy atom. The number of rotatable bonds is 6. The van der Waals surface area contributed by atoms with Crippen molar-refractivity contribution < 1.29 is 0 Å². The van der Waals surface area contributed by atoms with Gasteiger partial charge in [0.2, 0.25) is 0 Å². The Balaban J connectivity index is 0.000000384. The van der Waals surface area contributed by atoms with Crippen LogP contribution in [0.3, 0.4) is 0 Å². The van der Waals surface area contributed by atoms with E-state index in [-0.39, 0.29) is 22.3 Å². The van der Waals surface area contributed by atoms with Gasteiger partial charge < -0.3 is 4.90 Å². The van der Waals surface area contributed by atoms with Crippen LogP contribution in [0.25, 0.3) is 5.69 Å². The molecule has 2 aliphatic carbocycles. The van der Waals surface area contributed by atoms with Gasteiger partial charge in [0.05, 0.1) is 22.9 Å². The maximum absolute atomic E-state index is 13.8. The number of halogens is 2. The third kappa shape index (κ3) is 4.36. The van der Waals surface area contributed by atoms with Crippen LogP contribution in [0.4, 0.5) is 0 Å². The molecule has 0 N–H and O–H groups in total. The van der Waals surface area contributed by atoms with Crippen LogP contribution in [-0.4, -0.2) is 33.9 Å². The van der Waals surface area contributed by atoms with E-state index in [0.717, 1.165) is 24.0 Å². The van der Waals surface area contributed by atoms with E-state index in [2.05, 4.69) is 63.3 Å². The quantitative estimate of drug-likeness (QED) is 0.331. The van der Waals surface area contributed by atoms with Gasteiger partial charge in [-0.25, -0.2) is 4.68 Å². The van der Waals surface area contributed by atoms with Crippen molar-refractivity contribution in [2.45, 2.75) is 72.3 Å². The highest BCUT2D eigenvalue weighted by atomic mass is 35.5. The molecule has 5 rings (SSSR count). The minimum absolute atomic E-state index is 0.0431. The molecule has 2 atom stereocenters. The summed E-state index contributed by atoms with van der Waals surface area (Å²) in [5.74, 6) is 0.274. The molecule has 0 amide bonds. The zero-order valence-electron chi connectivity index (χ0n) is 22.4. The molecule has 3 aromatic rings. The minimum atomic E-state index is -0.0444. The maximum Gasteiger partial charge on any atom is 0.275 e. The molecule has 1 aromatic heterocycles. The topological polar surface area (TPSA) is 30.2 Å². The van der Waals surface area contributed by atoms with E-state index in [0.29, 0.717) is 22.3 Å². The molecule has 4 nitrogen and oxygen atoms in total. The molecule has 0 radical (unpaired) electrons. The molecule has 0 aliphatic heterocycles. The highest BCUT2D eigenvalue weighted by molar-refractivity contribution is 6.34. The average molecular weight is 529 g/mol. The van der Waals surface area contributed by atoms with Crippen molar-refractivity contribution >= 4 is 23.2 Å². The van der Waals surface area contributed by atoms with Crippen molar-refractivity contribution in [1.82, 2.24) is 14.3 Å². The van der Waals surface area contributed by atoms with E-state index in [1.165, 1.54) is 25.3 Å². The van der Waals surface area contributed by atoms with Crippen LogP contribution in [0.2, 0.25) is 10.0 Å². The van der Waals surface area contributed by atoms with Gasteiger partial charge in [0.1, 0.15) is 0 Å². The first kappa shape index (κ1) is 27.0. The summed E-state index contributed by atoms with van der Waals surface area (Å²) in [6.07, 6.45) is 2.16. The van der Waals surface area contributed by atoms with Gasteiger partial charge in [0.25, 0.3) is 5.56 Å². The van der Waals surface area contributed by atoms with Crippen molar-refractivity contribution in [1.29, 1.82) is 0 Å². The van der Waals surface area contributed by atoms with Gasteiger partial charge in [-0.2, -0.15) is 0 Å². The molecule has 0 spiro atoms. The number of hydrogen-bond donors (Lipinski definition) is 0. The largest absolute Gasteiger partial charge is 0.304 e. The Labute approximate surface area is 225 Å². The van der Waals surface area contributed by atoms with E-state index >= 15 is 0 Å². The fourth-order valence-electron chi connectivity index (χ4n) is 6.35. The number of benzene rings is 2. The zero-order valence-corrected chi connectivity index (χ0v) is 24.0. The number of nitrogens with zero attached hydrogens (tertiary/aromatic N) is 3.